The third kappa shape index (κ3) is 2.71. The second-order valence-electron chi connectivity index (χ2n) is 7.83. The highest BCUT2D eigenvalue weighted by atomic mass is 16.3. The predicted octanol–water partition coefficient (Wildman–Crippen LogP) is 3.65. The van der Waals surface area contributed by atoms with Crippen LogP contribution in [0, 0.1) is 17.8 Å². The van der Waals surface area contributed by atoms with Gasteiger partial charge in [0, 0.05) is 6.42 Å². The maximum absolute atomic E-state index is 10.6. The molecule has 2 nitrogen and oxygen atoms in total. The van der Waals surface area contributed by atoms with Gasteiger partial charge in [-0.1, -0.05) is 39.0 Å². The second-order valence-corrected chi connectivity index (χ2v) is 7.83. The summed E-state index contributed by atoms with van der Waals surface area (Å²) < 4.78 is 0. The summed E-state index contributed by atoms with van der Waals surface area (Å²) in [5.74, 6) is 1.99. The van der Waals surface area contributed by atoms with E-state index in [9.17, 15) is 10.2 Å². The molecule has 4 saturated carbocycles. The van der Waals surface area contributed by atoms with Crippen LogP contribution in [0.2, 0.25) is 0 Å². The van der Waals surface area contributed by atoms with E-state index in [0.717, 1.165) is 31.6 Å². The zero-order valence-corrected chi connectivity index (χ0v) is 12.4. The fourth-order valence-corrected chi connectivity index (χ4v) is 5.61. The molecule has 4 aliphatic rings. The van der Waals surface area contributed by atoms with Crippen molar-refractivity contribution in [3.63, 3.8) is 0 Å². The Labute approximate surface area is 117 Å². The third-order valence-corrected chi connectivity index (χ3v) is 6.08. The van der Waals surface area contributed by atoms with E-state index in [-0.39, 0.29) is 0 Å². The molecule has 0 unspecified atom stereocenters. The van der Waals surface area contributed by atoms with Crippen LogP contribution in [-0.4, -0.2) is 21.4 Å². The first-order chi connectivity index (χ1) is 9.04. The van der Waals surface area contributed by atoms with Crippen molar-refractivity contribution in [1.82, 2.24) is 0 Å². The summed E-state index contributed by atoms with van der Waals surface area (Å²) in [5, 5.41) is 21.1. The Bertz CT molecular complexity index is 289. The molecule has 110 valence electrons. The molecule has 0 saturated heterocycles. The molecule has 4 bridgehead atoms. The Kier molecular flexibility index (Phi) is 3.68. The van der Waals surface area contributed by atoms with Crippen LogP contribution >= 0.6 is 0 Å². The summed E-state index contributed by atoms with van der Waals surface area (Å²) in [7, 11) is 0. The lowest BCUT2D eigenvalue weighted by Crippen LogP contribution is -2.62. The average molecular weight is 266 g/mol. The largest absolute Gasteiger partial charge is 0.390 e. The van der Waals surface area contributed by atoms with Gasteiger partial charge in [0.25, 0.3) is 0 Å². The Morgan fingerprint density at radius 3 is 1.89 bits per heavy atom. The number of aliphatic hydroxyl groups is 2. The fraction of sp³-hybridized carbons (Fsp3) is 1.00. The van der Waals surface area contributed by atoms with Crippen molar-refractivity contribution in [3.05, 3.63) is 0 Å². The summed E-state index contributed by atoms with van der Waals surface area (Å²) in [4.78, 5) is 0. The molecule has 0 aromatic heterocycles. The first-order valence-electron chi connectivity index (χ1n) is 8.48. The smallest absolute Gasteiger partial charge is 0.0680 e. The monoisotopic (exact) mass is 266 g/mol. The molecule has 4 aliphatic carbocycles. The molecule has 0 heterocycles. The van der Waals surface area contributed by atoms with Crippen LogP contribution in [0.4, 0.5) is 0 Å². The molecule has 0 aromatic rings. The van der Waals surface area contributed by atoms with Crippen molar-refractivity contribution in [3.8, 4) is 0 Å². The normalized spacial score (nSPS) is 47.8. The van der Waals surface area contributed by atoms with Gasteiger partial charge >= 0.3 is 0 Å². The van der Waals surface area contributed by atoms with E-state index < -0.39 is 11.2 Å². The van der Waals surface area contributed by atoms with Crippen molar-refractivity contribution >= 4 is 0 Å². The number of hydrogen-bond acceptors (Lipinski definition) is 2. The number of hydrogen-bond donors (Lipinski definition) is 2. The lowest BCUT2D eigenvalue weighted by Gasteiger charge is -2.61. The molecule has 0 amide bonds. The van der Waals surface area contributed by atoms with Crippen molar-refractivity contribution in [2.24, 2.45) is 17.8 Å². The molecule has 2 heteroatoms. The zero-order chi connectivity index (χ0) is 13.5. The first-order valence-corrected chi connectivity index (χ1v) is 8.48. The summed E-state index contributed by atoms with van der Waals surface area (Å²) in [6, 6.07) is 0. The van der Waals surface area contributed by atoms with Crippen LogP contribution in [-0.2, 0) is 0 Å². The average Bonchev–Trinajstić information content (AvgIpc) is 2.28. The van der Waals surface area contributed by atoms with E-state index in [1.54, 1.807) is 0 Å². The van der Waals surface area contributed by atoms with Gasteiger partial charge in [-0.25, -0.2) is 0 Å². The van der Waals surface area contributed by atoms with Gasteiger partial charge in [-0.05, 0) is 49.9 Å². The SMILES string of the molecule is CCCCCCCC1C2CC3(O)CC1CC(O)(C2)C3. The molecular formula is C17H30O2. The van der Waals surface area contributed by atoms with Gasteiger partial charge in [0.05, 0.1) is 11.2 Å². The fourth-order valence-electron chi connectivity index (χ4n) is 5.61. The zero-order valence-electron chi connectivity index (χ0n) is 12.4. The standard InChI is InChI=1S/C17H30O2/c1-2-3-4-5-6-7-15-13-8-16(18)10-14(15)11-17(19,9-13)12-16/h13-15,18-19H,2-12H2,1H3. The third-order valence-electron chi connectivity index (χ3n) is 6.08. The van der Waals surface area contributed by atoms with Crippen LogP contribution in [0.5, 0.6) is 0 Å². The number of unbranched alkanes of at least 4 members (excludes halogenated alkanes) is 4. The molecule has 0 spiro atoms. The highest BCUT2D eigenvalue weighted by molar-refractivity contribution is 5.11. The molecule has 19 heavy (non-hydrogen) atoms. The molecule has 0 aliphatic heterocycles. The maximum atomic E-state index is 10.6. The predicted molar refractivity (Wildman–Crippen MR) is 76.8 cm³/mol. The number of rotatable bonds is 6. The topological polar surface area (TPSA) is 40.5 Å². The molecule has 4 fully saturated rings. The minimum absolute atomic E-state index is 0.515. The summed E-state index contributed by atoms with van der Waals surface area (Å²) in [6.07, 6.45) is 12.6. The minimum Gasteiger partial charge on any atom is -0.390 e. The second kappa shape index (κ2) is 5.04. The molecule has 2 N–H and O–H groups in total. The van der Waals surface area contributed by atoms with E-state index in [2.05, 4.69) is 6.92 Å². The molecule has 0 aromatic carbocycles. The van der Waals surface area contributed by atoms with Crippen molar-refractivity contribution < 1.29 is 10.2 Å². The molecule has 0 atom stereocenters. The summed E-state index contributed by atoms with van der Waals surface area (Å²) in [5.41, 5.74) is -1.03. The summed E-state index contributed by atoms with van der Waals surface area (Å²) in [6.45, 7) is 2.26. The lowest BCUT2D eigenvalue weighted by molar-refractivity contribution is -0.220. The highest BCUT2D eigenvalue weighted by Crippen LogP contribution is 2.60. The van der Waals surface area contributed by atoms with Crippen molar-refractivity contribution in [1.29, 1.82) is 0 Å². The van der Waals surface area contributed by atoms with E-state index in [0.29, 0.717) is 18.3 Å². The van der Waals surface area contributed by atoms with Crippen molar-refractivity contribution in [2.45, 2.75) is 88.8 Å². The van der Waals surface area contributed by atoms with Crippen LogP contribution in [0.25, 0.3) is 0 Å². The van der Waals surface area contributed by atoms with Gasteiger partial charge in [0.15, 0.2) is 0 Å². The van der Waals surface area contributed by atoms with Gasteiger partial charge in [0.1, 0.15) is 0 Å². The Morgan fingerprint density at radius 2 is 1.37 bits per heavy atom. The van der Waals surface area contributed by atoms with Gasteiger partial charge in [0.2, 0.25) is 0 Å². The highest BCUT2D eigenvalue weighted by Gasteiger charge is 2.59. The van der Waals surface area contributed by atoms with Gasteiger partial charge in [-0.15, -0.1) is 0 Å². The van der Waals surface area contributed by atoms with Crippen molar-refractivity contribution in [2.75, 3.05) is 0 Å². The quantitative estimate of drug-likeness (QED) is 0.720. The van der Waals surface area contributed by atoms with Gasteiger partial charge in [-0.3, -0.25) is 0 Å². The minimum atomic E-state index is -0.515. The molecular weight excluding hydrogens is 236 g/mol. The Morgan fingerprint density at radius 1 is 0.842 bits per heavy atom. The Hall–Kier alpha value is -0.0800. The van der Waals surface area contributed by atoms with Crippen LogP contribution < -0.4 is 0 Å². The maximum Gasteiger partial charge on any atom is 0.0680 e. The summed E-state index contributed by atoms with van der Waals surface area (Å²) >= 11 is 0. The van der Waals surface area contributed by atoms with Gasteiger partial charge in [-0.2, -0.15) is 0 Å². The Balaban J connectivity index is 1.54. The van der Waals surface area contributed by atoms with Gasteiger partial charge < -0.3 is 10.2 Å². The van der Waals surface area contributed by atoms with E-state index in [1.807, 2.05) is 0 Å². The first kappa shape index (κ1) is 13.9. The van der Waals surface area contributed by atoms with E-state index in [1.165, 1.54) is 38.5 Å². The lowest BCUT2D eigenvalue weighted by atomic mass is 9.48. The molecule has 4 rings (SSSR count). The van der Waals surface area contributed by atoms with Crippen LogP contribution in [0.3, 0.4) is 0 Å². The van der Waals surface area contributed by atoms with Crippen LogP contribution in [0.15, 0.2) is 0 Å². The molecule has 0 radical (unpaired) electrons. The van der Waals surface area contributed by atoms with Crippen LogP contribution in [0.1, 0.15) is 77.6 Å². The van der Waals surface area contributed by atoms with E-state index >= 15 is 0 Å². The van der Waals surface area contributed by atoms with E-state index in [4.69, 9.17) is 0 Å².